The van der Waals surface area contributed by atoms with Crippen LogP contribution < -0.4 is 0 Å². The topological polar surface area (TPSA) is 18.5 Å². The second kappa shape index (κ2) is 8.48. The maximum atomic E-state index is 13.3. The number of ether oxygens (including phenoxy) is 2. The summed E-state index contributed by atoms with van der Waals surface area (Å²) in [7, 11) is 0.00131. The predicted octanol–water partition coefficient (Wildman–Crippen LogP) is 7.08. The van der Waals surface area contributed by atoms with E-state index in [-0.39, 0.29) is 11.6 Å². The zero-order valence-corrected chi connectivity index (χ0v) is 19.1. The first-order chi connectivity index (χ1) is 12.8. The molecule has 1 aliphatic carbocycles. The molecule has 0 atom stereocenters. The molecule has 0 N–H and O–H groups in total. The Morgan fingerprint density at radius 1 is 1.04 bits per heavy atom. The van der Waals surface area contributed by atoms with E-state index in [1.165, 1.54) is 12.1 Å². The van der Waals surface area contributed by atoms with Crippen molar-refractivity contribution in [3.05, 3.63) is 34.9 Å². The van der Waals surface area contributed by atoms with Gasteiger partial charge in [-0.1, -0.05) is 59.2 Å². The average Bonchev–Trinajstić information content (AvgIpc) is 2.60. The van der Waals surface area contributed by atoms with E-state index in [0.717, 1.165) is 37.7 Å². The maximum Gasteiger partial charge on any atom is 0.416 e. The van der Waals surface area contributed by atoms with Crippen LogP contribution in [0.3, 0.4) is 0 Å². The zero-order valence-electron chi connectivity index (χ0n) is 18.1. The molecular formula is C22H35F3O2Si. The molecule has 0 spiro atoms. The molecule has 1 aromatic carbocycles. The van der Waals surface area contributed by atoms with Gasteiger partial charge < -0.3 is 9.47 Å². The van der Waals surface area contributed by atoms with Crippen LogP contribution in [0.2, 0.25) is 18.1 Å². The van der Waals surface area contributed by atoms with Crippen molar-refractivity contribution < 1.29 is 22.6 Å². The van der Waals surface area contributed by atoms with Gasteiger partial charge in [0.1, 0.15) is 0 Å². The van der Waals surface area contributed by atoms with Crippen molar-refractivity contribution >= 4 is 8.07 Å². The first-order valence-corrected chi connectivity index (χ1v) is 13.4. The van der Waals surface area contributed by atoms with E-state index in [9.17, 15) is 13.2 Å². The molecule has 6 heteroatoms. The van der Waals surface area contributed by atoms with E-state index in [0.29, 0.717) is 11.8 Å². The molecule has 0 aliphatic heterocycles. The minimum absolute atomic E-state index is 0.167. The summed E-state index contributed by atoms with van der Waals surface area (Å²) in [5.41, 5.74) is 0.345. The summed E-state index contributed by atoms with van der Waals surface area (Å²) in [4.78, 5) is 0. The molecule has 0 bridgehead atoms. The van der Waals surface area contributed by atoms with Gasteiger partial charge >= 0.3 is 6.18 Å². The molecule has 160 valence electrons. The predicted molar refractivity (Wildman–Crippen MR) is 110 cm³/mol. The third-order valence-corrected chi connectivity index (χ3v) is 11.7. The summed E-state index contributed by atoms with van der Waals surface area (Å²) >= 11 is 0. The summed E-state index contributed by atoms with van der Waals surface area (Å²) in [6.45, 7) is 11.3. The fourth-order valence-corrected chi connectivity index (χ4v) is 4.72. The highest BCUT2D eigenvalue weighted by Gasteiger charge is 2.39. The fraction of sp³-hybridized carbons (Fsp3) is 0.727. The van der Waals surface area contributed by atoms with Crippen LogP contribution in [-0.2, 0) is 27.9 Å². The molecule has 1 aromatic rings. The average molecular weight is 417 g/mol. The van der Waals surface area contributed by atoms with Crippen LogP contribution in [0.5, 0.6) is 0 Å². The Labute approximate surface area is 168 Å². The van der Waals surface area contributed by atoms with Crippen molar-refractivity contribution in [3.8, 4) is 0 Å². The van der Waals surface area contributed by atoms with Crippen LogP contribution in [0.25, 0.3) is 0 Å². The van der Waals surface area contributed by atoms with Crippen molar-refractivity contribution in [1.82, 2.24) is 0 Å². The highest BCUT2D eigenvalue weighted by Crippen LogP contribution is 2.43. The minimum Gasteiger partial charge on any atom is -0.380 e. The van der Waals surface area contributed by atoms with E-state index in [2.05, 4.69) is 33.9 Å². The van der Waals surface area contributed by atoms with Gasteiger partial charge in [0.2, 0.25) is 0 Å². The molecule has 0 heterocycles. The lowest BCUT2D eigenvalue weighted by Crippen LogP contribution is -2.42. The molecule has 1 fully saturated rings. The van der Waals surface area contributed by atoms with Crippen molar-refractivity contribution in [2.45, 2.75) is 89.4 Å². The lowest BCUT2D eigenvalue weighted by Gasteiger charge is -2.39. The second-order valence-corrected chi connectivity index (χ2v) is 15.3. The van der Waals surface area contributed by atoms with Crippen molar-refractivity contribution in [3.63, 3.8) is 0 Å². The second-order valence-electron chi connectivity index (χ2n) is 9.76. The third-order valence-electron chi connectivity index (χ3n) is 6.73. The molecule has 0 aromatic heterocycles. The Bertz CT molecular complexity index is 657. The van der Waals surface area contributed by atoms with Gasteiger partial charge in [0.05, 0.1) is 25.8 Å². The molecule has 2 rings (SSSR count). The van der Waals surface area contributed by atoms with E-state index in [1.807, 2.05) is 0 Å². The number of benzene rings is 1. The lowest BCUT2D eigenvalue weighted by atomic mass is 9.77. The van der Waals surface area contributed by atoms with E-state index in [1.54, 1.807) is 13.2 Å². The van der Waals surface area contributed by atoms with Crippen LogP contribution in [0.15, 0.2) is 18.2 Å². The number of halogens is 3. The maximum absolute atomic E-state index is 13.3. The quantitative estimate of drug-likeness (QED) is 0.462. The molecule has 0 radical (unpaired) electrons. The minimum atomic E-state index is -4.36. The summed E-state index contributed by atoms with van der Waals surface area (Å²) in [5.74, 6) is 0. The van der Waals surface area contributed by atoms with Gasteiger partial charge in [-0.3, -0.25) is 0 Å². The smallest absolute Gasteiger partial charge is 0.380 e. The van der Waals surface area contributed by atoms with Crippen molar-refractivity contribution in [1.29, 1.82) is 0 Å². The highest BCUT2D eigenvalue weighted by atomic mass is 28.3. The molecule has 2 nitrogen and oxygen atoms in total. The Kier molecular flexibility index (Phi) is 7.10. The number of alkyl halides is 3. The fourth-order valence-electron chi connectivity index (χ4n) is 3.67. The Morgan fingerprint density at radius 2 is 1.64 bits per heavy atom. The summed E-state index contributed by atoms with van der Waals surface area (Å²) < 4.78 is 51.9. The highest BCUT2D eigenvalue weighted by molar-refractivity contribution is 6.80. The lowest BCUT2D eigenvalue weighted by molar-refractivity contribution is -0.137. The van der Waals surface area contributed by atoms with E-state index in [4.69, 9.17) is 9.47 Å². The Morgan fingerprint density at radius 3 is 2.14 bits per heavy atom. The summed E-state index contributed by atoms with van der Waals surface area (Å²) in [6.07, 6.45) is 1.13. The first-order valence-electron chi connectivity index (χ1n) is 10.2. The molecule has 0 saturated heterocycles. The van der Waals surface area contributed by atoms with Crippen LogP contribution in [0.4, 0.5) is 13.2 Å². The number of hydrogen-bond donors (Lipinski definition) is 0. The monoisotopic (exact) mass is 416 g/mol. The van der Waals surface area contributed by atoms with Gasteiger partial charge in [-0.25, -0.2) is 0 Å². The van der Waals surface area contributed by atoms with Crippen molar-refractivity contribution in [2.24, 2.45) is 0 Å². The summed E-state index contributed by atoms with van der Waals surface area (Å²) in [6, 6.07) is 4.06. The SMILES string of the molecule is COC1(c2ccc(C(F)(F)F)cc2COC[Si](C)(C)C(C)(C)C)CCCCC1. The molecule has 28 heavy (non-hydrogen) atoms. The normalized spacial score (nSPS) is 18.3. The number of hydrogen-bond acceptors (Lipinski definition) is 2. The summed E-state index contributed by atoms with van der Waals surface area (Å²) in [5, 5.41) is 0.167. The zero-order chi connectivity index (χ0) is 21.2. The van der Waals surface area contributed by atoms with Gasteiger partial charge in [0, 0.05) is 13.3 Å². The van der Waals surface area contributed by atoms with Crippen LogP contribution in [-0.4, -0.2) is 21.4 Å². The van der Waals surface area contributed by atoms with Gasteiger partial charge in [-0.2, -0.15) is 13.2 Å². The number of methoxy groups -OCH3 is 1. The van der Waals surface area contributed by atoms with E-state index >= 15 is 0 Å². The molecule has 0 unspecified atom stereocenters. The first kappa shape index (κ1) is 23.4. The third kappa shape index (κ3) is 5.19. The standard InChI is InChI=1S/C22H35F3O2Si/c1-20(2,3)28(5,6)16-27-15-17-14-18(22(23,24)25)10-11-19(17)21(26-4)12-8-7-9-13-21/h10-11,14H,7-9,12-13,15-16H2,1-6H3. The van der Waals surface area contributed by atoms with Crippen LogP contribution in [0, 0.1) is 0 Å². The molecular weight excluding hydrogens is 381 g/mol. The van der Waals surface area contributed by atoms with Crippen molar-refractivity contribution in [2.75, 3.05) is 13.3 Å². The van der Waals surface area contributed by atoms with Crippen LogP contribution >= 0.6 is 0 Å². The Hall–Kier alpha value is -0.853. The van der Waals surface area contributed by atoms with Crippen LogP contribution in [0.1, 0.15) is 69.6 Å². The van der Waals surface area contributed by atoms with Gasteiger partial charge in [-0.15, -0.1) is 0 Å². The molecule has 1 aliphatic rings. The molecule has 0 amide bonds. The van der Waals surface area contributed by atoms with E-state index < -0.39 is 25.4 Å². The van der Waals surface area contributed by atoms with Gasteiger partial charge in [-0.05, 0) is 41.1 Å². The molecule has 1 saturated carbocycles. The number of rotatable bonds is 6. The van der Waals surface area contributed by atoms with Gasteiger partial charge in [0.25, 0.3) is 0 Å². The largest absolute Gasteiger partial charge is 0.416 e. The van der Waals surface area contributed by atoms with Gasteiger partial charge in [0.15, 0.2) is 0 Å². The Balaban J connectivity index is 2.33.